The van der Waals surface area contributed by atoms with Crippen molar-refractivity contribution in [2.75, 3.05) is 6.54 Å². The van der Waals surface area contributed by atoms with E-state index in [4.69, 9.17) is 0 Å². The minimum atomic E-state index is -0.610. The summed E-state index contributed by atoms with van der Waals surface area (Å²) in [5.74, 6) is 0.628. The molecule has 0 fully saturated rings. The number of benzene rings is 1. The van der Waals surface area contributed by atoms with Crippen LogP contribution in [0.3, 0.4) is 0 Å². The molecular formula is C16H23N5O2. The van der Waals surface area contributed by atoms with Gasteiger partial charge in [-0.25, -0.2) is 4.79 Å². The number of carbonyl (C=O) groups is 1. The Hall–Kier alpha value is -2.41. The standard InChI is InChI=1S/C16H23N5O2/c1-16(2,3)13(22)9-17-15(23)18-10-14-20-19-11-21(14)12-7-5-4-6-8-12/h4-8,11,13,22H,9-10H2,1-3H3,(H2,17,18,23). The molecule has 1 aromatic carbocycles. The summed E-state index contributed by atoms with van der Waals surface area (Å²) in [6.07, 6.45) is 0.995. The molecule has 0 radical (unpaired) electrons. The number of rotatable bonds is 5. The van der Waals surface area contributed by atoms with Crippen molar-refractivity contribution in [1.82, 2.24) is 25.4 Å². The quantitative estimate of drug-likeness (QED) is 0.779. The van der Waals surface area contributed by atoms with Crippen LogP contribution in [0.1, 0.15) is 26.6 Å². The van der Waals surface area contributed by atoms with Crippen molar-refractivity contribution in [3.05, 3.63) is 42.5 Å². The van der Waals surface area contributed by atoms with Gasteiger partial charge in [0.15, 0.2) is 5.82 Å². The number of nitrogens with one attached hydrogen (secondary N) is 2. The molecule has 1 atom stereocenters. The highest BCUT2D eigenvalue weighted by Gasteiger charge is 2.22. The zero-order valence-electron chi connectivity index (χ0n) is 13.7. The Morgan fingerprint density at radius 2 is 1.96 bits per heavy atom. The lowest BCUT2D eigenvalue weighted by molar-refractivity contribution is 0.0650. The van der Waals surface area contributed by atoms with E-state index in [0.717, 1.165) is 5.69 Å². The zero-order chi connectivity index (χ0) is 16.9. The minimum Gasteiger partial charge on any atom is -0.391 e. The summed E-state index contributed by atoms with van der Waals surface area (Å²) >= 11 is 0. The Bertz CT molecular complexity index is 633. The molecule has 1 aromatic heterocycles. The molecule has 2 aromatic rings. The second kappa shape index (κ2) is 7.23. The van der Waals surface area contributed by atoms with Gasteiger partial charge in [-0.1, -0.05) is 39.0 Å². The summed E-state index contributed by atoms with van der Waals surface area (Å²) in [6.45, 7) is 6.19. The Labute approximate surface area is 135 Å². The van der Waals surface area contributed by atoms with Crippen molar-refractivity contribution in [3.63, 3.8) is 0 Å². The van der Waals surface area contributed by atoms with Crippen LogP contribution in [-0.2, 0) is 6.54 Å². The molecule has 7 nitrogen and oxygen atoms in total. The molecule has 3 N–H and O–H groups in total. The van der Waals surface area contributed by atoms with Crippen LogP contribution in [-0.4, -0.2) is 38.6 Å². The van der Waals surface area contributed by atoms with Gasteiger partial charge >= 0.3 is 6.03 Å². The van der Waals surface area contributed by atoms with Crippen LogP contribution < -0.4 is 10.6 Å². The number of hydrogen-bond acceptors (Lipinski definition) is 4. The highest BCUT2D eigenvalue weighted by Crippen LogP contribution is 2.18. The maximum absolute atomic E-state index is 11.8. The molecule has 124 valence electrons. The van der Waals surface area contributed by atoms with Crippen molar-refractivity contribution < 1.29 is 9.90 Å². The van der Waals surface area contributed by atoms with Gasteiger partial charge in [-0.15, -0.1) is 10.2 Å². The van der Waals surface area contributed by atoms with Crippen molar-refractivity contribution in [2.45, 2.75) is 33.4 Å². The monoisotopic (exact) mass is 317 g/mol. The lowest BCUT2D eigenvalue weighted by Gasteiger charge is -2.25. The Kier molecular flexibility index (Phi) is 5.33. The molecule has 0 bridgehead atoms. The van der Waals surface area contributed by atoms with Gasteiger partial charge < -0.3 is 15.7 Å². The molecular weight excluding hydrogens is 294 g/mol. The molecule has 0 saturated heterocycles. The number of urea groups is 1. The molecule has 0 spiro atoms. The largest absolute Gasteiger partial charge is 0.391 e. The fourth-order valence-corrected chi connectivity index (χ4v) is 1.90. The number of aromatic nitrogens is 3. The lowest BCUT2D eigenvalue weighted by atomic mass is 9.89. The first kappa shape index (κ1) is 17.0. The number of aliphatic hydroxyl groups excluding tert-OH is 1. The van der Waals surface area contributed by atoms with Crippen LogP contribution >= 0.6 is 0 Å². The second-order valence-corrected chi connectivity index (χ2v) is 6.40. The first-order chi connectivity index (χ1) is 10.9. The maximum Gasteiger partial charge on any atom is 0.315 e. The third-order valence-corrected chi connectivity index (χ3v) is 3.52. The van der Waals surface area contributed by atoms with E-state index >= 15 is 0 Å². The fraction of sp³-hybridized carbons (Fsp3) is 0.438. The fourth-order valence-electron chi connectivity index (χ4n) is 1.90. The third kappa shape index (κ3) is 4.79. The average molecular weight is 317 g/mol. The van der Waals surface area contributed by atoms with Crippen molar-refractivity contribution in [2.24, 2.45) is 5.41 Å². The molecule has 1 heterocycles. The van der Waals surface area contributed by atoms with E-state index in [1.54, 1.807) is 6.33 Å². The number of aliphatic hydroxyl groups is 1. The molecule has 2 amide bonds. The third-order valence-electron chi connectivity index (χ3n) is 3.52. The van der Waals surface area contributed by atoms with Crippen LogP contribution in [0, 0.1) is 5.41 Å². The molecule has 2 rings (SSSR count). The van der Waals surface area contributed by atoms with Gasteiger partial charge in [-0.3, -0.25) is 4.57 Å². The predicted octanol–water partition coefficient (Wildman–Crippen LogP) is 1.47. The Morgan fingerprint density at radius 1 is 1.26 bits per heavy atom. The highest BCUT2D eigenvalue weighted by atomic mass is 16.3. The summed E-state index contributed by atoms with van der Waals surface area (Å²) in [5, 5.41) is 23.2. The van der Waals surface area contributed by atoms with Gasteiger partial charge in [0, 0.05) is 12.2 Å². The SMILES string of the molecule is CC(C)(C)C(O)CNC(=O)NCc1nncn1-c1ccccc1. The van der Waals surface area contributed by atoms with E-state index in [-0.39, 0.29) is 24.5 Å². The molecule has 0 aliphatic heterocycles. The normalized spacial score (nSPS) is 12.7. The summed E-state index contributed by atoms with van der Waals surface area (Å²) < 4.78 is 1.81. The Morgan fingerprint density at radius 3 is 2.61 bits per heavy atom. The maximum atomic E-state index is 11.8. The van der Waals surface area contributed by atoms with Gasteiger partial charge in [-0.05, 0) is 17.5 Å². The highest BCUT2D eigenvalue weighted by molar-refractivity contribution is 5.73. The summed E-state index contributed by atoms with van der Waals surface area (Å²) in [4.78, 5) is 11.8. The first-order valence-corrected chi connectivity index (χ1v) is 7.52. The van der Waals surface area contributed by atoms with E-state index in [1.165, 1.54) is 0 Å². The second-order valence-electron chi connectivity index (χ2n) is 6.40. The predicted molar refractivity (Wildman–Crippen MR) is 87.1 cm³/mol. The van der Waals surface area contributed by atoms with Gasteiger partial charge in [0.05, 0.1) is 12.6 Å². The van der Waals surface area contributed by atoms with Crippen molar-refractivity contribution >= 4 is 6.03 Å². The molecule has 0 aliphatic rings. The summed E-state index contributed by atoms with van der Waals surface area (Å²) in [7, 11) is 0. The van der Waals surface area contributed by atoms with Crippen LogP contribution in [0.4, 0.5) is 4.79 Å². The molecule has 23 heavy (non-hydrogen) atoms. The van der Waals surface area contributed by atoms with Crippen LogP contribution in [0.25, 0.3) is 5.69 Å². The van der Waals surface area contributed by atoms with Gasteiger partial charge in [0.2, 0.25) is 0 Å². The number of carbonyl (C=O) groups excluding carboxylic acids is 1. The van der Waals surface area contributed by atoms with E-state index in [9.17, 15) is 9.90 Å². The Balaban J connectivity index is 1.88. The van der Waals surface area contributed by atoms with Crippen LogP contribution in [0.2, 0.25) is 0 Å². The van der Waals surface area contributed by atoms with Crippen molar-refractivity contribution in [3.8, 4) is 5.69 Å². The molecule has 0 aliphatic carbocycles. The summed E-state index contributed by atoms with van der Waals surface area (Å²) in [6, 6.07) is 9.30. The molecule has 0 saturated carbocycles. The number of para-hydroxylation sites is 1. The topological polar surface area (TPSA) is 92.1 Å². The molecule has 1 unspecified atom stereocenters. The van der Waals surface area contributed by atoms with E-state index < -0.39 is 6.10 Å². The minimum absolute atomic E-state index is 0.195. The number of amides is 2. The zero-order valence-corrected chi connectivity index (χ0v) is 13.7. The van der Waals surface area contributed by atoms with Crippen LogP contribution in [0.15, 0.2) is 36.7 Å². The lowest BCUT2D eigenvalue weighted by Crippen LogP contribution is -2.43. The van der Waals surface area contributed by atoms with E-state index in [1.807, 2.05) is 55.7 Å². The average Bonchev–Trinajstić information content (AvgIpc) is 2.99. The molecule has 7 heteroatoms. The number of hydrogen-bond donors (Lipinski definition) is 3. The van der Waals surface area contributed by atoms with E-state index in [2.05, 4.69) is 20.8 Å². The smallest absolute Gasteiger partial charge is 0.315 e. The summed E-state index contributed by atoms with van der Waals surface area (Å²) in [5.41, 5.74) is 0.652. The number of nitrogens with zero attached hydrogens (tertiary/aromatic N) is 3. The van der Waals surface area contributed by atoms with Crippen LogP contribution in [0.5, 0.6) is 0 Å². The van der Waals surface area contributed by atoms with Gasteiger partial charge in [0.1, 0.15) is 6.33 Å². The van der Waals surface area contributed by atoms with E-state index in [0.29, 0.717) is 5.82 Å². The van der Waals surface area contributed by atoms with Crippen molar-refractivity contribution in [1.29, 1.82) is 0 Å². The van der Waals surface area contributed by atoms with Gasteiger partial charge in [-0.2, -0.15) is 0 Å². The first-order valence-electron chi connectivity index (χ1n) is 7.52. The van der Waals surface area contributed by atoms with Gasteiger partial charge in [0.25, 0.3) is 0 Å².